The van der Waals surface area contributed by atoms with E-state index in [0.717, 1.165) is 27.5 Å². The van der Waals surface area contributed by atoms with E-state index < -0.39 is 0 Å². The molecule has 0 saturated heterocycles. The van der Waals surface area contributed by atoms with Gasteiger partial charge in [-0.25, -0.2) is 9.97 Å². The van der Waals surface area contributed by atoms with Gasteiger partial charge in [0.05, 0.1) is 5.52 Å². The Kier molecular flexibility index (Phi) is 2.57. The summed E-state index contributed by atoms with van der Waals surface area (Å²) in [7, 11) is 1.70. The summed E-state index contributed by atoms with van der Waals surface area (Å²) in [6, 6.07) is 12.2. The Hall–Kier alpha value is -2.20. The van der Waals surface area contributed by atoms with Gasteiger partial charge in [-0.2, -0.15) is 5.48 Å². The number of nitrogens with zero attached hydrogens (tertiary/aromatic N) is 2. The van der Waals surface area contributed by atoms with Gasteiger partial charge in [-0.1, -0.05) is 30.3 Å². The topological polar surface area (TPSA) is 47.0 Å². The van der Waals surface area contributed by atoms with Gasteiger partial charge in [-0.15, -0.1) is 0 Å². The maximum atomic E-state index is 5.27. The molecule has 4 nitrogen and oxygen atoms in total. The van der Waals surface area contributed by atoms with Gasteiger partial charge < -0.3 is 4.84 Å². The molecular formula is C14H13N3O. The summed E-state index contributed by atoms with van der Waals surface area (Å²) < 4.78 is 0. The van der Waals surface area contributed by atoms with Crippen LogP contribution in [0.1, 0.15) is 5.69 Å². The molecule has 0 aliphatic rings. The Labute approximate surface area is 105 Å². The summed E-state index contributed by atoms with van der Waals surface area (Å²) in [6.07, 6.45) is 0. The molecule has 4 heteroatoms. The Morgan fingerprint density at radius 3 is 2.72 bits per heavy atom. The summed E-state index contributed by atoms with van der Waals surface area (Å²) in [6.45, 7) is 1.88. The highest BCUT2D eigenvalue weighted by Gasteiger charge is 2.08. The Balaban J connectivity index is 2.37. The second-order valence-electron chi connectivity index (χ2n) is 4.07. The van der Waals surface area contributed by atoms with Crippen molar-refractivity contribution in [3.05, 3.63) is 42.1 Å². The van der Waals surface area contributed by atoms with Crippen LogP contribution in [-0.4, -0.2) is 17.0 Å². The molecule has 0 saturated carbocycles. The zero-order valence-electron chi connectivity index (χ0n) is 10.3. The first kappa shape index (κ1) is 10.9. The Bertz CT molecular complexity index is 725. The molecule has 18 heavy (non-hydrogen) atoms. The number of aryl methyl sites for hydroxylation is 1. The summed E-state index contributed by atoms with van der Waals surface area (Å²) in [5, 5.41) is 2.24. The van der Waals surface area contributed by atoms with Crippen molar-refractivity contribution in [3.8, 4) is 5.88 Å². The normalized spacial score (nSPS) is 11.0. The van der Waals surface area contributed by atoms with E-state index >= 15 is 0 Å². The number of hydrogen-bond acceptors (Lipinski definition) is 4. The summed E-state index contributed by atoms with van der Waals surface area (Å²) in [4.78, 5) is 14.3. The number of benzene rings is 2. The molecule has 0 unspecified atom stereocenters. The first-order valence-corrected chi connectivity index (χ1v) is 5.79. The molecule has 0 atom stereocenters. The Morgan fingerprint density at radius 1 is 1.06 bits per heavy atom. The number of fused-ring (bicyclic) bond motifs is 3. The minimum atomic E-state index is 0.515. The van der Waals surface area contributed by atoms with Gasteiger partial charge in [-0.3, -0.25) is 0 Å². The number of aromatic nitrogens is 2. The number of hydroxylamine groups is 1. The van der Waals surface area contributed by atoms with Crippen LogP contribution in [0.25, 0.3) is 21.8 Å². The van der Waals surface area contributed by atoms with Crippen LogP contribution < -0.4 is 10.3 Å². The average Bonchev–Trinajstić information content (AvgIpc) is 2.40. The highest BCUT2D eigenvalue weighted by Crippen LogP contribution is 2.25. The van der Waals surface area contributed by atoms with Crippen LogP contribution in [0, 0.1) is 6.92 Å². The van der Waals surface area contributed by atoms with Gasteiger partial charge in [0, 0.05) is 12.4 Å². The third-order valence-corrected chi connectivity index (χ3v) is 2.89. The quantitative estimate of drug-likeness (QED) is 0.551. The molecule has 90 valence electrons. The van der Waals surface area contributed by atoms with E-state index in [0.29, 0.717) is 5.88 Å². The molecule has 1 heterocycles. The highest BCUT2D eigenvalue weighted by atomic mass is 16.6. The molecule has 0 radical (unpaired) electrons. The van der Waals surface area contributed by atoms with Crippen LogP contribution in [-0.2, 0) is 0 Å². The first-order valence-electron chi connectivity index (χ1n) is 5.79. The van der Waals surface area contributed by atoms with Crippen molar-refractivity contribution in [3.63, 3.8) is 0 Å². The second kappa shape index (κ2) is 4.23. The van der Waals surface area contributed by atoms with Crippen LogP contribution in [0.3, 0.4) is 0 Å². The van der Waals surface area contributed by atoms with E-state index in [1.54, 1.807) is 7.05 Å². The minimum Gasteiger partial charge on any atom is -0.387 e. The highest BCUT2D eigenvalue weighted by molar-refractivity contribution is 6.03. The van der Waals surface area contributed by atoms with Gasteiger partial charge >= 0.3 is 0 Å². The van der Waals surface area contributed by atoms with Crippen molar-refractivity contribution in [1.82, 2.24) is 15.4 Å². The number of rotatable bonds is 2. The molecule has 0 spiro atoms. The predicted octanol–water partition coefficient (Wildman–Crippen LogP) is 2.60. The number of nitrogens with one attached hydrogen (secondary N) is 1. The lowest BCUT2D eigenvalue weighted by Crippen LogP contribution is -2.13. The Morgan fingerprint density at radius 2 is 1.89 bits per heavy atom. The standard InChI is InChI=1S/C14H13N3O/c1-9-14(18-15-2)17-13-11-6-4-3-5-10(11)7-8-12(13)16-9/h3-8,15H,1-2H3. The molecule has 1 aromatic heterocycles. The van der Waals surface area contributed by atoms with Crippen LogP contribution >= 0.6 is 0 Å². The summed E-state index contributed by atoms with van der Waals surface area (Å²) >= 11 is 0. The largest absolute Gasteiger partial charge is 0.387 e. The van der Waals surface area contributed by atoms with E-state index in [2.05, 4.69) is 27.6 Å². The van der Waals surface area contributed by atoms with Gasteiger partial charge in [0.2, 0.25) is 0 Å². The third kappa shape index (κ3) is 1.67. The van der Waals surface area contributed by atoms with Crippen molar-refractivity contribution < 1.29 is 4.84 Å². The van der Waals surface area contributed by atoms with E-state index in [1.807, 2.05) is 31.2 Å². The van der Waals surface area contributed by atoms with Crippen molar-refractivity contribution >= 4 is 21.8 Å². The molecule has 1 N–H and O–H groups in total. The van der Waals surface area contributed by atoms with E-state index in [4.69, 9.17) is 4.84 Å². The van der Waals surface area contributed by atoms with Crippen LogP contribution in [0.5, 0.6) is 5.88 Å². The number of hydrogen-bond donors (Lipinski definition) is 1. The fourth-order valence-electron chi connectivity index (χ4n) is 2.06. The molecule has 0 bridgehead atoms. The zero-order valence-corrected chi connectivity index (χ0v) is 10.3. The van der Waals surface area contributed by atoms with Gasteiger partial charge in [0.15, 0.2) is 0 Å². The van der Waals surface area contributed by atoms with E-state index in [1.165, 1.54) is 0 Å². The lowest BCUT2D eigenvalue weighted by atomic mass is 10.1. The SMILES string of the molecule is CNOc1nc2c(ccc3ccccc32)nc1C. The summed E-state index contributed by atoms with van der Waals surface area (Å²) in [5.41, 5.74) is 5.15. The molecule has 0 aliphatic carbocycles. The fourth-order valence-corrected chi connectivity index (χ4v) is 2.06. The van der Waals surface area contributed by atoms with Gasteiger partial charge in [-0.05, 0) is 18.4 Å². The lowest BCUT2D eigenvalue weighted by Gasteiger charge is -2.08. The maximum absolute atomic E-state index is 5.27. The molecule has 0 amide bonds. The molecule has 3 aromatic rings. The average molecular weight is 239 g/mol. The first-order chi connectivity index (χ1) is 8.79. The van der Waals surface area contributed by atoms with Gasteiger partial charge in [0.25, 0.3) is 5.88 Å². The molecule has 0 fully saturated rings. The molecule has 3 rings (SSSR count). The zero-order chi connectivity index (χ0) is 12.5. The molecular weight excluding hydrogens is 226 g/mol. The lowest BCUT2D eigenvalue weighted by molar-refractivity contribution is 0.212. The van der Waals surface area contributed by atoms with Crippen molar-refractivity contribution in [1.29, 1.82) is 0 Å². The van der Waals surface area contributed by atoms with Gasteiger partial charge in [0.1, 0.15) is 11.2 Å². The maximum Gasteiger partial charge on any atom is 0.259 e. The van der Waals surface area contributed by atoms with Crippen LogP contribution in [0.2, 0.25) is 0 Å². The van der Waals surface area contributed by atoms with Crippen molar-refractivity contribution in [2.45, 2.75) is 6.92 Å². The fraction of sp³-hybridized carbons (Fsp3) is 0.143. The van der Waals surface area contributed by atoms with Crippen molar-refractivity contribution in [2.75, 3.05) is 7.05 Å². The van der Waals surface area contributed by atoms with Crippen molar-refractivity contribution in [2.24, 2.45) is 0 Å². The predicted molar refractivity (Wildman–Crippen MR) is 71.5 cm³/mol. The third-order valence-electron chi connectivity index (χ3n) is 2.89. The van der Waals surface area contributed by atoms with E-state index in [-0.39, 0.29) is 0 Å². The van der Waals surface area contributed by atoms with Crippen LogP contribution in [0.4, 0.5) is 0 Å². The molecule has 0 aliphatic heterocycles. The van der Waals surface area contributed by atoms with Crippen LogP contribution in [0.15, 0.2) is 36.4 Å². The summed E-state index contributed by atoms with van der Waals surface area (Å²) in [5.74, 6) is 0.515. The monoisotopic (exact) mass is 239 g/mol. The molecule has 2 aromatic carbocycles. The smallest absolute Gasteiger partial charge is 0.259 e. The second-order valence-corrected chi connectivity index (χ2v) is 4.07. The van der Waals surface area contributed by atoms with E-state index in [9.17, 15) is 0 Å². The minimum absolute atomic E-state index is 0.515.